The molecule has 6 nitrogen and oxygen atoms in total. The summed E-state index contributed by atoms with van der Waals surface area (Å²) in [5.74, 6) is -0.964. The van der Waals surface area contributed by atoms with Crippen molar-refractivity contribution in [3.63, 3.8) is 0 Å². The average molecular weight is 390 g/mol. The van der Waals surface area contributed by atoms with Crippen LogP contribution in [0.1, 0.15) is 25.7 Å². The van der Waals surface area contributed by atoms with Gasteiger partial charge in [0.15, 0.2) is 0 Å². The van der Waals surface area contributed by atoms with Crippen LogP contribution in [0.25, 0.3) is 0 Å². The summed E-state index contributed by atoms with van der Waals surface area (Å²) in [6.45, 7) is 0.947. The van der Waals surface area contributed by atoms with Crippen LogP contribution in [0, 0.1) is 11.6 Å². The number of hydrogen-bond acceptors (Lipinski definition) is 2. The minimum Gasteiger partial charge on any atom is -0.338 e. The highest BCUT2D eigenvalue weighted by Gasteiger charge is 2.06. The van der Waals surface area contributed by atoms with Gasteiger partial charge in [0, 0.05) is 13.1 Å². The molecule has 0 aliphatic rings. The second-order valence-corrected chi connectivity index (χ2v) is 6.14. The van der Waals surface area contributed by atoms with Gasteiger partial charge < -0.3 is 21.3 Å². The quantitative estimate of drug-likeness (QED) is 0.477. The van der Waals surface area contributed by atoms with E-state index in [9.17, 15) is 18.4 Å². The number of carbonyl (C=O) groups is 2. The summed E-state index contributed by atoms with van der Waals surface area (Å²) in [7, 11) is 0. The van der Waals surface area contributed by atoms with Crippen molar-refractivity contribution < 1.29 is 18.4 Å². The first-order valence-corrected chi connectivity index (χ1v) is 9.15. The second-order valence-electron chi connectivity index (χ2n) is 6.14. The summed E-state index contributed by atoms with van der Waals surface area (Å²) in [5.41, 5.74) is 0.277. The van der Waals surface area contributed by atoms with E-state index in [1.54, 1.807) is 24.3 Å². The molecule has 0 spiro atoms. The topological polar surface area (TPSA) is 82.3 Å². The molecule has 0 fully saturated rings. The van der Waals surface area contributed by atoms with Crippen LogP contribution in [0.2, 0.25) is 0 Å². The third-order valence-corrected chi connectivity index (χ3v) is 3.92. The molecule has 28 heavy (non-hydrogen) atoms. The number of para-hydroxylation sites is 2. The van der Waals surface area contributed by atoms with E-state index in [2.05, 4.69) is 21.3 Å². The molecule has 0 aliphatic heterocycles. The normalized spacial score (nSPS) is 10.2. The maximum absolute atomic E-state index is 13.4. The summed E-state index contributed by atoms with van der Waals surface area (Å²) in [6, 6.07) is 11.0. The summed E-state index contributed by atoms with van der Waals surface area (Å²) >= 11 is 0. The first kappa shape index (κ1) is 21.1. The van der Waals surface area contributed by atoms with Gasteiger partial charge >= 0.3 is 12.1 Å². The minimum absolute atomic E-state index is 0.139. The number of hydrogen-bond donors (Lipinski definition) is 4. The first-order chi connectivity index (χ1) is 13.6. The van der Waals surface area contributed by atoms with Crippen LogP contribution in [0.3, 0.4) is 0 Å². The van der Waals surface area contributed by atoms with Crippen molar-refractivity contribution in [2.75, 3.05) is 23.7 Å². The van der Waals surface area contributed by atoms with Crippen molar-refractivity contribution in [1.82, 2.24) is 10.6 Å². The Morgan fingerprint density at radius 2 is 1.04 bits per heavy atom. The van der Waals surface area contributed by atoms with E-state index >= 15 is 0 Å². The Kier molecular flexibility index (Phi) is 8.71. The van der Waals surface area contributed by atoms with Crippen LogP contribution in [0.5, 0.6) is 0 Å². The Morgan fingerprint density at radius 1 is 0.643 bits per heavy atom. The molecular formula is C20H24F2N4O2. The molecule has 0 bridgehead atoms. The second kappa shape index (κ2) is 11.5. The van der Waals surface area contributed by atoms with E-state index in [4.69, 9.17) is 0 Å². The monoisotopic (exact) mass is 390 g/mol. The summed E-state index contributed by atoms with van der Waals surface area (Å²) in [6.07, 6.45) is 3.28. The molecule has 0 aliphatic carbocycles. The molecule has 0 radical (unpaired) electrons. The lowest BCUT2D eigenvalue weighted by molar-refractivity contribution is 0.250. The molecule has 2 aromatic carbocycles. The highest BCUT2D eigenvalue weighted by molar-refractivity contribution is 5.89. The maximum Gasteiger partial charge on any atom is 0.319 e. The largest absolute Gasteiger partial charge is 0.338 e. The van der Waals surface area contributed by atoms with E-state index in [-0.39, 0.29) is 11.4 Å². The predicted molar refractivity (Wildman–Crippen MR) is 105 cm³/mol. The van der Waals surface area contributed by atoms with Gasteiger partial charge in [0.05, 0.1) is 11.4 Å². The fourth-order valence-electron chi connectivity index (χ4n) is 2.47. The number of benzene rings is 2. The highest BCUT2D eigenvalue weighted by Crippen LogP contribution is 2.12. The van der Waals surface area contributed by atoms with E-state index < -0.39 is 23.7 Å². The highest BCUT2D eigenvalue weighted by atomic mass is 19.1. The van der Waals surface area contributed by atoms with Crippen molar-refractivity contribution in [3.8, 4) is 0 Å². The van der Waals surface area contributed by atoms with Crippen LogP contribution in [0.4, 0.5) is 29.7 Å². The Balaban J connectivity index is 1.48. The third-order valence-electron chi connectivity index (χ3n) is 3.92. The molecule has 0 heterocycles. The number of halogens is 2. The molecule has 0 unspecified atom stereocenters. The Labute approximate surface area is 162 Å². The van der Waals surface area contributed by atoms with Crippen molar-refractivity contribution >= 4 is 23.4 Å². The van der Waals surface area contributed by atoms with Crippen LogP contribution < -0.4 is 21.3 Å². The molecule has 2 rings (SSSR count). The van der Waals surface area contributed by atoms with Gasteiger partial charge in [-0.15, -0.1) is 0 Å². The molecule has 4 N–H and O–H groups in total. The number of rotatable bonds is 9. The van der Waals surface area contributed by atoms with E-state index in [1.807, 2.05) is 0 Å². The number of unbranched alkanes of at least 4 members (excludes halogenated alkanes) is 3. The van der Waals surface area contributed by atoms with Crippen molar-refractivity contribution in [2.45, 2.75) is 25.7 Å². The van der Waals surface area contributed by atoms with Crippen molar-refractivity contribution in [1.29, 1.82) is 0 Å². The standard InChI is InChI=1S/C20H24F2N4O2/c21-15-9-3-5-11-17(15)25-19(27)23-13-7-1-2-8-14-24-20(28)26-18-12-6-4-10-16(18)22/h3-6,9-12H,1-2,7-8,13-14H2,(H2,23,25,27)(H2,24,26,28). The van der Waals surface area contributed by atoms with Gasteiger partial charge in [0.25, 0.3) is 0 Å². The average Bonchev–Trinajstić information content (AvgIpc) is 2.67. The molecule has 0 saturated carbocycles. The fourth-order valence-corrected chi connectivity index (χ4v) is 2.47. The number of anilines is 2. The summed E-state index contributed by atoms with van der Waals surface area (Å²) in [5, 5.41) is 10.2. The van der Waals surface area contributed by atoms with Crippen LogP contribution in [0.15, 0.2) is 48.5 Å². The predicted octanol–water partition coefficient (Wildman–Crippen LogP) is 4.47. The molecule has 0 atom stereocenters. The molecule has 150 valence electrons. The number of carbonyl (C=O) groups excluding carboxylic acids is 2. The van der Waals surface area contributed by atoms with Gasteiger partial charge in [-0.05, 0) is 37.1 Å². The molecular weight excluding hydrogens is 366 g/mol. The number of urea groups is 2. The van der Waals surface area contributed by atoms with Gasteiger partial charge in [-0.25, -0.2) is 18.4 Å². The zero-order valence-electron chi connectivity index (χ0n) is 15.4. The SMILES string of the molecule is O=C(NCCCCCCNC(=O)Nc1ccccc1F)Nc1ccccc1F. The lowest BCUT2D eigenvalue weighted by Crippen LogP contribution is -2.30. The van der Waals surface area contributed by atoms with Crippen molar-refractivity contribution in [3.05, 3.63) is 60.2 Å². The summed E-state index contributed by atoms with van der Waals surface area (Å²) < 4.78 is 26.8. The van der Waals surface area contributed by atoms with E-state index in [0.29, 0.717) is 13.1 Å². The maximum atomic E-state index is 13.4. The molecule has 4 amide bonds. The summed E-state index contributed by atoms with van der Waals surface area (Å²) in [4.78, 5) is 23.4. The number of amides is 4. The zero-order chi connectivity index (χ0) is 20.2. The van der Waals surface area contributed by atoms with Crippen LogP contribution in [-0.4, -0.2) is 25.2 Å². The van der Waals surface area contributed by atoms with Gasteiger partial charge in [0.1, 0.15) is 11.6 Å². The van der Waals surface area contributed by atoms with Gasteiger partial charge in [0.2, 0.25) is 0 Å². The smallest absolute Gasteiger partial charge is 0.319 e. The molecule has 2 aromatic rings. The third kappa shape index (κ3) is 7.61. The van der Waals surface area contributed by atoms with Crippen LogP contribution >= 0.6 is 0 Å². The zero-order valence-corrected chi connectivity index (χ0v) is 15.4. The Hall–Kier alpha value is -3.16. The molecule has 0 aromatic heterocycles. The first-order valence-electron chi connectivity index (χ1n) is 9.15. The lowest BCUT2D eigenvalue weighted by atomic mass is 10.2. The van der Waals surface area contributed by atoms with E-state index in [0.717, 1.165) is 25.7 Å². The van der Waals surface area contributed by atoms with Gasteiger partial charge in [-0.3, -0.25) is 0 Å². The van der Waals surface area contributed by atoms with E-state index in [1.165, 1.54) is 24.3 Å². The Bertz CT molecular complexity index is 721. The lowest BCUT2D eigenvalue weighted by Gasteiger charge is -2.09. The van der Waals surface area contributed by atoms with Crippen molar-refractivity contribution in [2.24, 2.45) is 0 Å². The molecule has 8 heteroatoms. The fraction of sp³-hybridized carbons (Fsp3) is 0.300. The minimum atomic E-state index is -0.482. The Morgan fingerprint density at radius 3 is 1.43 bits per heavy atom. The molecule has 0 saturated heterocycles. The van der Waals surface area contributed by atoms with Gasteiger partial charge in [-0.1, -0.05) is 37.1 Å². The van der Waals surface area contributed by atoms with Gasteiger partial charge in [-0.2, -0.15) is 0 Å². The van der Waals surface area contributed by atoms with Crippen LogP contribution in [-0.2, 0) is 0 Å². The number of nitrogens with one attached hydrogen (secondary N) is 4.